The molecule has 142 valence electrons. The van der Waals surface area contributed by atoms with Crippen LogP contribution < -0.4 is 0 Å². The molecule has 1 saturated heterocycles. The summed E-state index contributed by atoms with van der Waals surface area (Å²) in [5, 5.41) is 0. The van der Waals surface area contributed by atoms with Gasteiger partial charge in [-0.15, -0.1) is 0 Å². The minimum absolute atomic E-state index is 0.0550. The van der Waals surface area contributed by atoms with Crippen LogP contribution in [0, 0.1) is 0 Å². The van der Waals surface area contributed by atoms with Crippen LogP contribution in [0.5, 0.6) is 0 Å². The normalized spacial score (nSPS) is 20.1. The van der Waals surface area contributed by atoms with E-state index in [-0.39, 0.29) is 11.9 Å². The number of likely N-dealkylation sites (tertiary alicyclic amines) is 1. The molecule has 1 aliphatic heterocycles. The monoisotopic (exact) mass is 364 g/mol. The van der Waals surface area contributed by atoms with Gasteiger partial charge in [0.25, 0.3) is 5.91 Å². The number of hydrogen-bond acceptors (Lipinski definition) is 4. The number of carbonyl (C=O) groups excluding carboxylic acids is 1. The first-order valence-corrected chi connectivity index (χ1v) is 9.98. The Kier molecular flexibility index (Phi) is 5.21. The maximum atomic E-state index is 13.1. The fourth-order valence-electron chi connectivity index (χ4n) is 3.90. The molecule has 1 aromatic carbocycles. The zero-order valence-corrected chi connectivity index (χ0v) is 16.3. The van der Waals surface area contributed by atoms with Crippen LogP contribution in [0.2, 0.25) is 0 Å². The van der Waals surface area contributed by atoms with E-state index in [0.29, 0.717) is 11.5 Å². The quantitative estimate of drug-likeness (QED) is 0.810. The van der Waals surface area contributed by atoms with Gasteiger partial charge >= 0.3 is 0 Å². The van der Waals surface area contributed by atoms with Gasteiger partial charge in [-0.2, -0.15) is 0 Å². The van der Waals surface area contributed by atoms with Crippen molar-refractivity contribution in [1.29, 1.82) is 0 Å². The lowest BCUT2D eigenvalue weighted by atomic mass is 9.94. The van der Waals surface area contributed by atoms with Gasteiger partial charge in [-0.25, -0.2) is 9.97 Å². The minimum atomic E-state index is 0.0550. The zero-order valence-electron chi connectivity index (χ0n) is 16.3. The van der Waals surface area contributed by atoms with Crippen molar-refractivity contribution < 1.29 is 4.79 Å². The Morgan fingerprint density at radius 2 is 1.78 bits per heavy atom. The third kappa shape index (κ3) is 4.19. The first-order valence-electron chi connectivity index (χ1n) is 9.98. The maximum absolute atomic E-state index is 13.1. The molecule has 1 aliphatic carbocycles. The molecule has 0 radical (unpaired) electrons. The second kappa shape index (κ2) is 7.77. The first kappa shape index (κ1) is 18.1. The molecule has 2 fully saturated rings. The summed E-state index contributed by atoms with van der Waals surface area (Å²) in [7, 11) is 4.15. The topological polar surface area (TPSA) is 49.3 Å². The third-order valence-corrected chi connectivity index (χ3v) is 5.49. The van der Waals surface area contributed by atoms with E-state index in [1.165, 1.54) is 24.0 Å². The Morgan fingerprint density at radius 3 is 2.41 bits per heavy atom. The van der Waals surface area contributed by atoms with E-state index in [1.54, 1.807) is 12.4 Å². The number of piperidine rings is 1. The van der Waals surface area contributed by atoms with E-state index in [9.17, 15) is 4.79 Å². The van der Waals surface area contributed by atoms with Crippen LogP contribution in [0.3, 0.4) is 0 Å². The van der Waals surface area contributed by atoms with Gasteiger partial charge in [0.2, 0.25) is 0 Å². The molecule has 27 heavy (non-hydrogen) atoms. The Balaban J connectivity index is 1.51. The molecule has 1 amide bonds. The molecule has 5 nitrogen and oxygen atoms in total. The number of aromatic nitrogens is 2. The zero-order chi connectivity index (χ0) is 18.8. The van der Waals surface area contributed by atoms with Crippen molar-refractivity contribution in [3.63, 3.8) is 0 Å². The summed E-state index contributed by atoms with van der Waals surface area (Å²) in [6.45, 7) is 1.73. The van der Waals surface area contributed by atoms with Crippen LogP contribution >= 0.6 is 0 Å². The van der Waals surface area contributed by atoms with Crippen LogP contribution in [0.1, 0.15) is 71.4 Å². The summed E-state index contributed by atoms with van der Waals surface area (Å²) in [6.07, 6.45) is 9.01. The van der Waals surface area contributed by atoms with Crippen molar-refractivity contribution in [3.8, 4) is 0 Å². The Hall–Kier alpha value is -2.27. The van der Waals surface area contributed by atoms with Crippen molar-refractivity contribution in [3.05, 3.63) is 59.2 Å². The van der Waals surface area contributed by atoms with E-state index in [1.807, 2.05) is 4.90 Å². The SMILES string of the molecule is CN(C)Cc1ccc([C@H]2CCCCN2C(=O)c2cnc(C3CC3)nc2)cc1. The maximum Gasteiger partial charge on any atom is 0.257 e. The van der Waals surface area contributed by atoms with Gasteiger partial charge in [-0.3, -0.25) is 4.79 Å². The molecule has 0 N–H and O–H groups in total. The predicted octanol–water partition coefficient (Wildman–Crippen LogP) is 3.78. The van der Waals surface area contributed by atoms with Crippen LogP contribution in [-0.4, -0.2) is 46.3 Å². The number of carbonyl (C=O) groups is 1. The Labute approximate surface area is 161 Å². The summed E-state index contributed by atoms with van der Waals surface area (Å²) in [5.41, 5.74) is 3.12. The lowest BCUT2D eigenvalue weighted by molar-refractivity contribution is 0.0610. The van der Waals surface area contributed by atoms with Gasteiger partial charge in [-0.05, 0) is 57.3 Å². The molecule has 1 saturated carbocycles. The number of nitrogens with zero attached hydrogens (tertiary/aromatic N) is 4. The lowest BCUT2D eigenvalue weighted by Gasteiger charge is -2.36. The molecule has 1 aromatic heterocycles. The molecule has 5 heteroatoms. The van der Waals surface area contributed by atoms with Crippen molar-refractivity contribution in [2.75, 3.05) is 20.6 Å². The summed E-state index contributed by atoms with van der Waals surface area (Å²) in [6, 6.07) is 8.87. The summed E-state index contributed by atoms with van der Waals surface area (Å²) in [4.78, 5) is 26.2. The Morgan fingerprint density at radius 1 is 1.07 bits per heavy atom. The highest BCUT2D eigenvalue weighted by atomic mass is 16.2. The van der Waals surface area contributed by atoms with E-state index in [4.69, 9.17) is 0 Å². The Bertz CT molecular complexity index is 781. The van der Waals surface area contributed by atoms with Gasteiger partial charge in [0.15, 0.2) is 0 Å². The highest BCUT2D eigenvalue weighted by Crippen LogP contribution is 2.38. The second-order valence-electron chi connectivity index (χ2n) is 8.09. The van der Waals surface area contributed by atoms with E-state index in [0.717, 1.165) is 38.2 Å². The smallest absolute Gasteiger partial charge is 0.257 e. The molecular formula is C22H28N4O. The molecule has 0 unspecified atom stereocenters. The van der Waals surface area contributed by atoms with Crippen LogP contribution in [0.25, 0.3) is 0 Å². The first-order chi connectivity index (χ1) is 13.1. The van der Waals surface area contributed by atoms with Crippen molar-refractivity contribution in [2.45, 2.75) is 50.6 Å². The highest BCUT2D eigenvalue weighted by Gasteiger charge is 2.30. The summed E-state index contributed by atoms with van der Waals surface area (Å²) >= 11 is 0. The van der Waals surface area contributed by atoms with Crippen molar-refractivity contribution in [1.82, 2.24) is 19.8 Å². The van der Waals surface area contributed by atoms with Gasteiger partial charge in [0, 0.05) is 31.4 Å². The second-order valence-corrected chi connectivity index (χ2v) is 8.09. The molecule has 1 atom stereocenters. The molecule has 4 rings (SSSR count). The number of rotatable bonds is 5. The van der Waals surface area contributed by atoms with E-state index in [2.05, 4.69) is 53.2 Å². The molecule has 2 aromatic rings. The molecule has 2 heterocycles. The largest absolute Gasteiger partial charge is 0.332 e. The minimum Gasteiger partial charge on any atom is -0.332 e. The van der Waals surface area contributed by atoms with Gasteiger partial charge < -0.3 is 9.80 Å². The molecular weight excluding hydrogens is 336 g/mol. The van der Waals surface area contributed by atoms with Gasteiger partial charge in [0.1, 0.15) is 5.82 Å². The fraction of sp³-hybridized carbons (Fsp3) is 0.500. The van der Waals surface area contributed by atoms with E-state index < -0.39 is 0 Å². The highest BCUT2D eigenvalue weighted by molar-refractivity contribution is 5.94. The molecule has 0 spiro atoms. The average Bonchev–Trinajstić information content (AvgIpc) is 3.53. The van der Waals surface area contributed by atoms with Crippen LogP contribution in [0.4, 0.5) is 0 Å². The lowest BCUT2D eigenvalue weighted by Crippen LogP contribution is -2.38. The number of benzene rings is 1. The molecule has 0 bridgehead atoms. The average molecular weight is 364 g/mol. The summed E-state index contributed by atoms with van der Waals surface area (Å²) in [5.74, 6) is 1.45. The predicted molar refractivity (Wildman–Crippen MR) is 105 cm³/mol. The number of amides is 1. The fourth-order valence-corrected chi connectivity index (χ4v) is 3.90. The summed E-state index contributed by atoms with van der Waals surface area (Å²) < 4.78 is 0. The van der Waals surface area contributed by atoms with Crippen LogP contribution in [-0.2, 0) is 6.54 Å². The van der Waals surface area contributed by atoms with Crippen molar-refractivity contribution in [2.24, 2.45) is 0 Å². The van der Waals surface area contributed by atoms with Gasteiger partial charge in [0.05, 0.1) is 11.6 Å². The molecule has 2 aliphatic rings. The standard InChI is InChI=1S/C22H28N4O/c1-25(2)15-16-6-8-17(9-7-16)20-5-3-4-12-26(20)22(27)19-13-23-21(24-14-19)18-10-11-18/h6-9,13-14,18,20H,3-5,10-12,15H2,1-2H3/t20-/m1/s1. The third-order valence-electron chi connectivity index (χ3n) is 5.49. The number of hydrogen-bond donors (Lipinski definition) is 0. The van der Waals surface area contributed by atoms with Gasteiger partial charge in [-0.1, -0.05) is 24.3 Å². The van der Waals surface area contributed by atoms with Crippen LogP contribution in [0.15, 0.2) is 36.7 Å². The van der Waals surface area contributed by atoms with E-state index >= 15 is 0 Å². The van der Waals surface area contributed by atoms with Crippen molar-refractivity contribution >= 4 is 5.91 Å².